The molecule has 18 heavy (non-hydrogen) atoms. The minimum absolute atomic E-state index is 0.0225. The quantitative estimate of drug-likeness (QED) is 0.830. The van der Waals surface area contributed by atoms with Gasteiger partial charge in [0, 0.05) is 4.88 Å². The minimum atomic E-state index is 0.0225. The number of amides is 1. The Labute approximate surface area is 122 Å². The predicted molar refractivity (Wildman–Crippen MR) is 78.6 cm³/mol. The second kappa shape index (κ2) is 7.13. The third-order valence-electron chi connectivity index (χ3n) is 1.93. The molecule has 0 bridgehead atoms. The van der Waals surface area contributed by atoms with Crippen molar-refractivity contribution in [3.63, 3.8) is 0 Å². The van der Waals surface area contributed by atoms with Crippen LogP contribution in [0.25, 0.3) is 0 Å². The molecule has 2 heterocycles. The number of carbonyl (C=O) groups is 1. The van der Waals surface area contributed by atoms with Gasteiger partial charge in [-0.25, -0.2) is 0 Å². The number of nitrogens with zero attached hydrogens (tertiary/aromatic N) is 2. The Balaban J connectivity index is 1.71. The van der Waals surface area contributed by atoms with Crippen LogP contribution in [0.1, 0.15) is 4.88 Å². The van der Waals surface area contributed by atoms with Gasteiger partial charge in [0.1, 0.15) is 0 Å². The van der Waals surface area contributed by atoms with Gasteiger partial charge in [-0.05, 0) is 17.7 Å². The molecule has 2 aromatic rings. The maximum atomic E-state index is 11.6. The number of thioether (sulfide) groups is 2. The second-order valence-corrected chi connectivity index (χ2v) is 7.47. The fourth-order valence-electron chi connectivity index (χ4n) is 1.12. The molecule has 0 fully saturated rings. The summed E-state index contributed by atoms with van der Waals surface area (Å²) in [5.74, 6) is 0.406. The number of hydrogen-bond acceptors (Lipinski definition) is 7. The highest BCUT2D eigenvalue weighted by Crippen LogP contribution is 2.26. The molecule has 2 rings (SSSR count). The molecule has 0 saturated heterocycles. The normalized spacial score (nSPS) is 10.5. The number of rotatable bonds is 6. The summed E-state index contributed by atoms with van der Waals surface area (Å²) < 4.78 is 1.77. The summed E-state index contributed by atoms with van der Waals surface area (Å²) in [6.45, 7) is 0.600. The van der Waals surface area contributed by atoms with E-state index >= 15 is 0 Å². The lowest BCUT2D eigenvalue weighted by Gasteiger charge is -2.01. The van der Waals surface area contributed by atoms with Crippen molar-refractivity contribution in [2.24, 2.45) is 0 Å². The minimum Gasteiger partial charge on any atom is -0.350 e. The average molecular weight is 317 g/mol. The van der Waals surface area contributed by atoms with Gasteiger partial charge in [0.25, 0.3) is 0 Å². The smallest absolute Gasteiger partial charge is 0.230 e. The molecular formula is C10H11N3OS4. The van der Waals surface area contributed by atoms with E-state index in [4.69, 9.17) is 0 Å². The monoisotopic (exact) mass is 317 g/mol. The molecule has 0 saturated carbocycles. The summed E-state index contributed by atoms with van der Waals surface area (Å²) in [5.41, 5.74) is 0. The third-order valence-corrected chi connectivity index (χ3v) is 5.84. The molecule has 0 aliphatic rings. The van der Waals surface area contributed by atoms with Crippen molar-refractivity contribution in [2.45, 2.75) is 15.2 Å². The molecule has 1 N–H and O–H groups in total. The van der Waals surface area contributed by atoms with Crippen molar-refractivity contribution in [3.8, 4) is 0 Å². The van der Waals surface area contributed by atoms with Crippen LogP contribution in [0, 0.1) is 0 Å². The molecule has 0 unspecified atom stereocenters. The maximum Gasteiger partial charge on any atom is 0.230 e. The van der Waals surface area contributed by atoms with Crippen LogP contribution in [0.3, 0.4) is 0 Å². The van der Waals surface area contributed by atoms with E-state index in [0.29, 0.717) is 12.3 Å². The first-order chi connectivity index (χ1) is 8.78. The summed E-state index contributed by atoms with van der Waals surface area (Å²) in [4.78, 5) is 12.8. The Kier molecular flexibility index (Phi) is 5.48. The molecule has 0 aromatic carbocycles. The number of hydrogen-bond donors (Lipinski definition) is 1. The van der Waals surface area contributed by atoms with Gasteiger partial charge in [-0.1, -0.05) is 40.9 Å². The van der Waals surface area contributed by atoms with E-state index in [1.165, 1.54) is 23.1 Å². The molecular weight excluding hydrogens is 306 g/mol. The van der Waals surface area contributed by atoms with Gasteiger partial charge >= 0.3 is 0 Å². The third kappa shape index (κ3) is 4.27. The molecule has 0 aliphatic heterocycles. The van der Waals surface area contributed by atoms with Crippen LogP contribution in [-0.4, -0.2) is 28.1 Å². The summed E-state index contributed by atoms with van der Waals surface area (Å²) in [6, 6.07) is 3.99. The maximum absolute atomic E-state index is 11.6. The second-order valence-electron chi connectivity index (χ2n) is 3.18. The topological polar surface area (TPSA) is 54.9 Å². The number of carbonyl (C=O) groups excluding carboxylic acids is 1. The predicted octanol–water partition coefficient (Wildman–Crippen LogP) is 2.73. The summed E-state index contributed by atoms with van der Waals surface area (Å²) in [6.07, 6.45) is 1.96. The van der Waals surface area contributed by atoms with Gasteiger partial charge in [0.15, 0.2) is 8.68 Å². The van der Waals surface area contributed by atoms with Crippen molar-refractivity contribution in [2.75, 3.05) is 12.0 Å². The van der Waals surface area contributed by atoms with E-state index in [0.717, 1.165) is 13.6 Å². The molecule has 0 aliphatic carbocycles. The lowest BCUT2D eigenvalue weighted by molar-refractivity contribution is -0.118. The largest absolute Gasteiger partial charge is 0.350 e. The summed E-state index contributed by atoms with van der Waals surface area (Å²) in [7, 11) is 0. The zero-order valence-electron chi connectivity index (χ0n) is 9.58. The molecule has 2 aromatic heterocycles. The zero-order valence-corrected chi connectivity index (χ0v) is 12.8. The van der Waals surface area contributed by atoms with E-state index in [-0.39, 0.29) is 5.91 Å². The lowest BCUT2D eigenvalue weighted by atomic mass is 10.4. The SMILES string of the molecule is CSc1nnc(SCC(=O)NCc2cccs2)s1. The summed E-state index contributed by atoms with van der Waals surface area (Å²) in [5, 5.41) is 12.9. The number of aromatic nitrogens is 2. The van der Waals surface area contributed by atoms with Crippen LogP contribution in [0.2, 0.25) is 0 Å². The standard InChI is InChI=1S/C10H11N3OS4/c1-15-9-12-13-10(18-9)17-6-8(14)11-5-7-3-2-4-16-7/h2-4H,5-6H2,1H3,(H,11,14). The van der Waals surface area contributed by atoms with Crippen LogP contribution in [-0.2, 0) is 11.3 Å². The number of thiophene rings is 1. The molecule has 4 nitrogen and oxygen atoms in total. The Morgan fingerprint density at radius 3 is 2.94 bits per heavy atom. The fourth-order valence-corrected chi connectivity index (χ4v) is 4.03. The molecule has 8 heteroatoms. The zero-order chi connectivity index (χ0) is 12.8. The highest BCUT2D eigenvalue weighted by Gasteiger charge is 2.07. The van der Waals surface area contributed by atoms with Crippen LogP contribution in [0.15, 0.2) is 26.2 Å². The average Bonchev–Trinajstić information content (AvgIpc) is 3.04. The first kappa shape index (κ1) is 13.9. The van der Waals surface area contributed by atoms with Gasteiger partial charge in [-0.15, -0.1) is 21.5 Å². The molecule has 1 amide bonds. The van der Waals surface area contributed by atoms with Crippen LogP contribution < -0.4 is 5.32 Å². The van der Waals surface area contributed by atoms with Crippen molar-refractivity contribution < 1.29 is 4.79 Å². The Bertz CT molecular complexity index is 497. The molecule has 0 radical (unpaired) electrons. The van der Waals surface area contributed by atoms with Gasteiger partial charge in [0.2, 0.25) is 5.91 Å². The van der Waals surface area contributed by atoms with E-state index in [1.807, 2.05) is 23.8 Å². The molecule has 0 spiro atoms. The van der Waals surface area contributed by atoms with Gasteiger partial charge in [-0.3, -0.25) is 4.79 Å². The van der Waals surface area contributed by atoms with Crippen LogP contribution in [0.5, 0.6) is 0 Å². The molecule has 0 atom stereocenters. The van der Waals surface area contributed by atoms with E-state index in [9.17, 15) is 4.79 Å². The van der Waals surface area contributed by atoms with E-state index in [1.54, 1.807) is 23.1 Å². The van der Waals surface area contributed by atoms with Crippen LogP contribution >= 0.6 is 46.2 Å². The first-order valence-electron chi connectivity index (χ1n) is 5.07. The Hall–Kier alpha value is -0.570. The summed E-state index contributed by atoms with van der Waals surface area (Å²) >= 11 is 6.15. The highest BCUT2D eigenvalue weighted by atomic mass is 32.2. The highest BCUT2D eigenvalue weighted by molar-refractivity contribution is 8.03. The van der Waals surface area contributed by atoms with Crippen molar-refractivity contribution in [3.05, 3.63) is 22.4 Å². The van der Waals surface area contributed by atoms with Gasteiger partial charge < -0.3 is 5.32 Å². The van der Waals surface area contributed by atoms with Crippen molar-refractivity contribution in [1.82, 2.24) is 15.5 Å². The van der Waals surface area contributed by atoms with Crippen molar-refractivity contribution >= 4 is 52.1 Å². The Morgan fingerprint density at radius 1 is 1.44 bits per heavy atom. The van der Waals surface area contributed by atoms with Crippen LogP contribution in [0.4, 0.5) is 0 Å². The van der Waals surface area contributed by atoms with Gasteiger partial charge in [0.05, 0.1) is 12.3 Å². The van der Waals surface area contributed by atoms with Crippen molar-refractivity contribution in [1.29, 1.82) is 0 Å². The van der Waals surface area contributed by atoms with Gasteiger partial charge in [-0.2, -0.15) is 0 Å². The lowest BCUT2D eigenvalue weighted by Crippen LogP contribution is -2.24. The Morgan fingerprint density at radius 2 is 2.28 bits per heavy atom. The molecule has 96 valence electrons. The fraction of sp³-hybridized carbons (Fsp3) is 0.300. The van der Waals surface area contributed by atoms with E-state index in [2.05, 4.69) is 15.5 Å². The first-order valence-corrected chi connectivity index (χ1v) is 8.98. The number of nitrogens with one attached hydrogen (secondary N) is 1. The van der Waals surface area contributed by atoms with E-state index < -0.39 is 0 Å².